The molecule has 0 spiro atoms. The first-order valence-electron chi connectivity index (χ1n) is 6.43. The molecule has 0 bridgehead atoms. The van der Waals surface area contributed by atoms with Crippen molar-refractivity contribution < 1.29 is 4.79 Å². The van der Waals surface area contributed by atoms with Crippen molar-refractivity contribution in [3.05, 3.63) is 64.7 Å². The van der Waals surface area contributed by atoms with E-state index < -0.39 is 0 Å². The van der Waals surface area contributed by atoms with Crippen molar-refractivity contribution in [2.45, 2.75) is 20.0 Å². The summed E-state index contributed by atoms with van der Waals surface area (Å²) in [4.78, 5) is 12.2. The molecule has 19 heavy (non-hydrogen) atoms. The summed E-state index contributed by atoms with van der Waals surface area (Å²) in [5.74, 6) is -0.0553. The van der Waals surface area contributed by atoms with Crippen LogP contribution in [0, 0.1) is 6.92 Å². The van der Waals surface area contributed by atoms with Crippen LogP contribution in [-0.4, -0.2) is 5.91 Å². The summed E-state index contributed by atoms with van der Waals surface area (Å²) in [6.45, 7) is 3.76. The maximum Gasteiger partial charge on any atom is 0.255 e. The maximum absolute atomic E-state index is 12.2. The van der Waals surface area contributed by atoms with E-state index in [1.54, 1.807) is 0 Å². The lowest BCUT2D eigenvalue weighted by Crippen LogP contribution is -2.12. The van der Waals surface area contributed by atoms with Crippen molar-refractivity contribution in [2.75, 3.05) is 5.32 Å². The van der Waals surface area contributed by atoms with E-state index in [-0.39, 0.29) is 5.91 Å². The highest BCUT2D eigenvalue weighted by Gasteiger charge is 2.13. The van der Waals surface area contributed by atoms with Crippen molar-refractivity contribution in [1.82, 2.24) is 5.32 Å². The quantitative estimate of drug-likeness (QED) is 0.863. The largest absolute Gasteiger partial charge is 0.322 e. The number of aryl methyl sites for hydroxylation is 1. The lowest BCUT2D eigenvalue weighted by molar-refractivity contribution is 0.102. The normalized spacial score (nSPS) is 13.1. The summed E-state index contributed by atoms with van der Waals surface area (Å²) in [5.41, 5.74) is 5.19. The molecule has 1 aliphatic rings. The molecule has 0 fully saturated rings. The Labute approximate surface area is 112 Å². The number of hydrogen-bond donors (Lipinski definition) is 2. The minimum Gasteiger partial charge on any atom is -0.322 e. The average molecular weight is 252 g/mol. The molecule has 1 aliphatic heterocycles. The van der Waals surface area contributed by atoms with Gasteiger partial charge in [-0.15, -0.1) is 0 Å². The summed E-state index contributed by atoms with van der Waals surface area (Å²) in [7, 11) is 0. The number of fused-ring (bicyclic) bond motifs is 1. The van der Waals surface area contributed by atoms with Gasteiger partial charge in [-0.2, -0.15) is 0 Å². The highest BCUT2D eigenvalue weighted by molar-refractivity contribution is 6.04. The fraction of sp³-hybridized carbons (Fsp3) is 0.188. The maximum atomic E-state index is 12.2. The number of nitrogens with one attached hydrogen (secondary N) is 2. The van der Waals surface area contributed by atoms with Crippen LogP contribution in [0.3, 0.4) is 0 Å². The number of anilines is 1. The molecule has 2 N–H and O–H groups in total. The molecule has 96 valence electrons. The average Bonchev–Trinajstić information content (AvgIpc) is 2.85. The summed E-state index contributed by atoms with van der Waals surface area (Å²) in [5, 5.41) is 6.21. The van der Waals surface area contributed by atoms with Crippen LogP contribution in [-0.2, 0) is 13.1 Å². The molecule has 3 nitrogen and oxygen atoms in total. The number of rotatable bonds is 2. The molecular weight excluding hydrogens is 236 g/mol. The third-order valence-electron chi connectivity index (χ3n) is 3.38. The fourth-order valence-electron chi connectivity index (χ4n) is 2.36. The van der Waals surface area contributed by atoms with Crippen LogP contribution in [0.1, 0.15) is 27.0 Å². The Balaban J connectivity index is 1.81. The van der Waals surface area contributed by atoms with E-state index in [4.69, 9.17) is 0 Å². The van der Waals surface area contributed by atoms with E-state index in [1.807, 2.05) is 49.4 Å². The molecule has 1 heterocycles. The molecule has 0 atom stereocenters. The second-order valence-corrected chi connectivity index (χ2v) is 4.91. The smallest absolute Gasteiger partial charge is 0.255 e. The molecule has 0 aliphatic carbocycles. The van der Waals surface area contributed by atoms with Crippen molar-refractivity contribution in [1.29, 1.82) is 0 Å². The van der Waals surface area contributed by atoms with Crippen molar-refractivity contribution in [3.8, 4) is 0 Å². The van der Waals surface area contributed by atoms with Crippen LogP contribution in [0.4, 0.5) is 5.69 Å². The highest BCUT2D eigenvalue weighted by atomic mass is 16.1. The Morgan fingerprint density at radius 2 is 1.95 bits per heavy atom. The Morgan fingerprint density at radius 3 is 2.79 bits per heavy atom. The van der Waals surface area contributed by atoms with Gasteiger partial charge in [0, 0.05) is 24.3 Å². The van der Waals surface area contributed by atoms with Crippen LogP contribution in [0.15, 0.2) is 42.5 Å². The van der Waals surface area contributed by atoms with Crippen molar-refractivity contribution in [3.63, 3.8) is 0 Å². The molecule has 1 amide bonds. The van der Waals surface area contributed by atoms with Crippen LogP contribution in [0.2, 0.25) is 0 Å². The monoisotopic (exact) mass is 252 g/mol. The summed E-state index contributed by atoms with van der Waals surface area (Å²) < 4.78 is 0. The molecule has 2 aromatic rings. The number of carbonyl (C=O) groups is 1. The Bertz CT molecular complexity index is 634. The summed E-state index contributed by atoms with van der Waals surface area (Å²) >= 11 is 0. The van der Waals surface area contributed by atoms with Gasteiger partial charge in [0.1, 0.15) is 0 Å². The van der Waals surface area contributed by atoms with Gasteiger partial charge in [0.2, 0.25) is 0 Å². The Hall–Kier alpha value is -2.13. The molecule has 3 rings (SSSR count). The van der Waals surface area contributed by atoms with Gasteiger partial charge < -0.3 is 10.6 Å². The van der Waals surface area contributed by atoms with E-state index in [1.165, 1.54) is 11.1 Å². The fourth-order valence-corrected chi connectivity index (χ4v) is 2.36. The second-order valence-electron chi connectivity index (χ2n) is 4.91. The zero-order valence-corrected chi connectivity index (χ0v) is 10.9. The third kappa shape index (κ3) is 2.51. The zero-order chi connectivity index (χ0) is 13.2. The first-order valence-corrected chi connectivity index (χ1v) is 6.43. The van der Waals surface area contributed by atoms with Crippen LogP contribution < -0.4 is 10.6 Å². The second kappa shape index (κ2) is 4.86. The van der Waals surface area contributed by atoms with Gasteiger partial charge in [-0.3, -0.25) is 4.79 Å². The first kappa shape index (κ1) is 11.9. The number of amides is 1. The lowest BCUT2D eigenvalue weighted by Gasteiger charge is -2.07. The van der Waals surface area contributed by atoms with Gasteiger partial charge in [-0.1, -0.05) is 18.2 Å². The molecule has 0 saturated carbocycles. The SMILES string of the molecule is Cc1cccc(NC(=O)c2ccc3c(c2)CNC3)c1. The summed E-state index contributed by atoms with van der Waals surface area (Å²) in [6, 6.07) is 13.7. The third-order valence-corrected chi connectivity index (χ3v) is 3.38. The topological polar surface area (TPSA) is 41.1 Å². The number of hydrogen-bond acceptors (Lipinski definition) is 2. The summed E-state index contributed by atoms with van der Waals surface area (Å²) in [6.07, 6.45) is 0. The van der Waals surface area contributed by atoms with Crippen LogP contribution >= 0.6 is 0 Å². The van der Waals surface area contributed by atoms with Gasteiger partial charge in [0.25, 0.3) is 5.91 Å². The lowest BCUT2D eigenvalue weighted by atomic mass is 10.1. The number of benzene rings is 2. The van der Waals surface area contributed by atoms with Gasteiger partial charge in [0.15, 0.2) is 0 Å². The van der Waals surface area contributed by atoms with Crippen LogP contribution in [0.5, 0.6) is 0 Å². The minimum absolute atomic E-state index is 0.0553. The van der Waals surface area contributed by atoms with Gasteiger partial charge in [-0.25, -0.2) is 0 Å². The van der Waals surface area contributed by atoms with E-state index in [9.17, 15) is 4.79 Å². The standard InChI is InChI=1S/C16H16N2O/c1-11-3-2-4-15(7-11)18-16(19)12-5-6-13-9-17-10-14(13)8-12/h2-8,17H,9-10H2,1H3,(H,18,19). The van der Waals surface area contributed by atoms with E-state index in [2.05, 4.69) is 10.6 Å². The molecule has 2 aromatic carbocycles. The highest BCUT2D eigenvalue weighted by Crippen LogP contribution is 2.18. The van der Waals surface area contributed by atoms with Crippen LogP contribution in [0.25, 0.3) is 0 Å². The van der Waals surface area contributed by atoms with Gasteiger partial charge in [0.05, 0.1) is 0 Å². The van der Waals surface area contributed by atoms with Gasteiger partial charge >= 0.3 is 0 Å². The van der Waals surface area contributed by atoms with Crippen molar-refractivity contribution >= 4 is 11.6 Å². The van der Waals surface area contributed by atoms with E-state index in [0.717, 1.165) is 24.3 Å². The molecule has 0 aromatic heterocycles. The Kier molecular flexibility index (Phi) is 3.05. The predicted octanol–water partition coefficient (Wildman–Crippen LogP) is 2.85. The first-order chi connectivity index (χ1) is 9.22. The van der Waals surface area contributed by atoms with Crippen molar-refractivity contribution in [2.24, 2.45) is 0 Å². The van der Waals surface area contributed by atoms with E-state index >= 15 is 0 Å². The predicted molar refractivity (Wildman–Crippen MR) is 76.1 cm³/mol. The molecule has 3 heteroatoms. The number of carbonyl (C=O) groups excluding carboxylic acids is 1. The zero-order valence-electron chi connectivity index (χ0n) is 10.9. The molecular formula is C16H16N2O. The molecule has 0 radical (unpaired) electrons. The van der Waals surface area contributed by atoms with E-state index in [0.29, 0.717) is 5.56 Å². The molecule has 0 unspecified atom stereocenters. The Morgan fingerprint density at radius 1 is 1.11 bits per heavy atom. The minimum atomic E-state index is -0.0553. The van der Waals surface area contributed by atoms with Gasteiger partial charge in [-0.05, 0) is 47.9 Å². The molecule has 0 saturated heterocycles.